The molecule has 2 atom stereocenters. The Morgan fingerprint density at radius 1 is 0.489 bits per heavy atom. The molecule has 2 unspecified atom stereocenters. The highest BCUT2D eigenvalue weighted by molar-refractivity contribution is 5.92. The van der Waals surface area contributed by atoms with E-state index in [1.165, 1.54) is 103 Å². The molecule has 0 aromatic carbocycles. The van der Waals surface area contributed by atoms with Crippen LogP contribution < -0.4 is 0 Å². The molecule has 4 N–H and O–H groups in total. The highest BCUT2D eigenvalue weighted by Gasteiger charge is 2.61. The highest BCUT2D eigenvalue weighted by Crippen LogP contribution is 2.45. The molecule has 0 fully saturated rings. The molecule has 0 spiro atoms. The first-order valence-corrected chi connectivity index (χ1v) is 18.9. The summed E-state index contributed by atoms with van der Waals surface area (Å²) in [5, 5.41) is 40.8. The Morgan fingerprint density at radius 2 is 0.800 bits per heavy atom. The number of carbonyl (C=O) groups is 3. The molecule has 266 valence electrons. The smallest absolute Gasteiger partial charge is 0.337 e. The minimum Gasteiger partial charge on any atom is -0.481 e. The summed E-state index contributed by atoms with van der Waals surface area (Å²) in [5.41, 5.74) is -4.87. The molecule has 7 nitrogen and oxygen atoms in total. The number of carboxylic acids is 3. The molecule has 0 aromatic heterocycles. The quantitative estimate of drug-likeness (QED) is 0.0514. The van der Waals surface area contributed by atoms with Crippen LogP contribution in [0.1, 0.15) is 207 Å². The molecule has 0 radical (unpaired) electrons. The lowest BCUT2D eigenvalue weighted by atomic mass is 9.64. The summed E-state index contributed by atoms with van der Waals surface area (Å²) in [6, 6.07) is 0. The van der Waals surface area contributed by atoms with Gasteiger partial charge in [-0.2, -0.15) is 0 Å². The summed E-state index contributed by atoms with van der Waals surface area (Å²) in [7, 11) is 0. The third-order valence-corrected chi connectivity index (χ3v) is 9.80. The van der Waals surface area contributed by atoms with Gasteiger partial charge in [0, 0.05) is 0 Å². The van der Waals surface area contributed by atoms with Crippen LogP contribution in [0.5, 0.6) is 0 Å². The van der Waals surface area contributed by atoms with Gasteiger partial charge < -0.3 is 20.4 Å². The van der Waals surface area contributed by atoms with Crippen molar-refractivity contribution in [3.63, 3.8) is 0 Å². The predicted octanol–water partition coefficient (Wildman–Crippen LogP) is 10.9. The summed E-state index contributed by atoms with van der Waals surface area (Å²) in [5.74, 6) is -3.89. The zero-order valence-electron chi connectivity index (χ0n) is 29.6. The van der Waals surface area contributed by atoms with Gasteiger partial charge in [0.05, 0.1) is 6.42 Å². The van der Waals surface area contributed by atoms with Gasteiger partial charge in [-0.15, -0.1) is 0 Å². The molecule has 0 aliphatic heterocycles. The number of aliphatic carboxylic acids is 3. The number of hydrogen-bond donors (Lipinski definition) is 4. The summed E-state index contributed by atoms with van der Waals surface area (Å²) >= 11 is 0. The average molecular weight is 641 g/mol. The van der Waals surface area contributed by atoms with Crippen molar-refractivity contribution >= 4 is 17.9 Å². The van der Waals surface area contributed by atoms with Crippen LogP contribution in [0.3, 0.4) is 0 Å². The summed E-state index contributed by atoms with van der Waals surface area (Å²) < 4.78 is 0. The van der Waals surface area contributed by atoms with Gasteiger partial charge in [0.25, 0.3) is 0 Å². The van der Waals surface area contributed by atoms with Gasteiger partial charge >= 0.3 is 17.9 Å². The Kier molecular flexibility index (Phi) is 26.5. The van der Waals surface area contributed by atoms with E-state index in [0.29, 0.717) is 12.8 Å². The molecule has 0 aromatic rings. The Morgan fingerprint density at radius 3 is 1.07 bits per heavy atom. The lowest BCUT2D eigenvalue weighted by Gasteiger charge is -2.41. The number of unbranched alkanes of at least 4 members (excludes halogenated alkanes) is 23. The van der Waals surface area contributed by atoms with Crippen molar-refractivity contribution in [2.75, 3.05) is 0 Å². The van der Waals surface area contributed by atoms with Crippen molar-refractivity contribution in [3.8, 4) is 0 Å². The second-order valence-electron chi connectivity index (χ2n) is 14.3. The van der Waals surface area contributed by atoms with Gasteiger partial charge in [-0.1, -0.05) is 188 Å². The van der Waals surface area contributed by atoms with Crippen molar-refractivity contribution in [3.05, 3.63) is 0 Å². The average Bonchev–Trinajstić information content (AvgIpc) is 2.97. The highest BCUT2D eigenvalue weighted by atomic mass is 16.4. The van der Waals surface area contributed by atoms with Crippen LogP contribution >= 0.6 is 0 Å². The van der Waals surface area contributed by atoms with Gasteiger partial charge in [0.15, 0.2) is 5.60 Å². The topological polar surface area (TPSA) is 132 Å². The van der Waals surface area contributed by atoms with E-state index in [4.69, 9.17) is 0 Å². The van der Waals surface area contributed by atoms with Crippen LogP contribution in [0.25, 0.3) is 0 Å². The molecule has 7 heteroatoms. The second-order valence-corrected chi connectivity index (χ2v) is 14.3. The maximum Gasteiger partial charge on any atom is 0.337 e. The van der Waals surface area contributed by atoms with Gasteiger partial charge in [-0.25, -0.2) is 4.79 Å². The molecular weight excluding hydrogens is 568 g/mol. The van der Waals surface area contributed by atoms with Gasteiger partial charge in [0.2, 0.25) is 0 Å². The van der Waals surface area contributed by atoms with Crippen molar-refractivity contribution in [2.24, 2.45) is 11.3 Å². The standard InChI is InChI=1S/C38H72O7/c1-4-5-6-7-8-9-10-11-12-15-18-21-24-27-30-37(35(41)42,38(45,36(43)44)32-34(39)40)31-28-25-22-19-16-13-14-17-20-23-26-29-33(2)3/h33,45H,4-32H2,1-3H3,(H,39,40)(H,41,42)(H,43,44). The lowest BCUT2D eigenvalue weighted by molar-refractivity contribution is -0.196. The third-order valence-electron chi connectivity index (χ3n) is 9.80. The van der Waals surface area contributed by atoms with Gasteiger partial charge in [-0.05, 0) is 18.8 Å². The van der Waals surface area contributed by atoms with Crippen molar-refractivity contribution in [1.82, 2.24) is 0 Å². The number of hydrogen-bond acceptors (Lipinski definition) is 4. The van der Waals surface area contributed by atoms with Crippen LogP contribution in [0.2, 0.25) is 0 Å². The SMILES string of the molecule is CCCCCCCCCCCCCCCCC(CCCCCCCCCCCCCC(C)C)(C(=O)O)C(O)(CC(=O)O)C(=O)O. The fourth-order valence-electron chi connectivity index (χ4n) is 6.79. The normalized spacial score (nSPS) is 14.3. The molecule has 0 bridgehead atoms. The van der Waals surface area contributed by atoms with Crippen LogP contribution in [0.4, 0.5) is 0 Å². The van der Waals surface area contributed by atoms with Gasteiger partial charge in [0.1, 0.15) is 5.41 Å². The van der Waals surface area contributed by atoms with Crippen molar-refractivity contribution in [2.45, 2.75) is 213 Å². The Hall–Kier alpha value is -1.63. The summed E-state index contributed by atoms with van der Waals surface area (Å²) in [6.07, 6.45) is 28.0. The zero-order valence-corrected chi connectivity index (χ0v) is 29.6. The maximum atomic E-state index is 12.7. The van der Waals surface area contributed by atoms with E-state index in [-0.39, 0.29) is 12.8 Å². The Balaban J connectivity index is 4.63. The number of aliphatic hydroxyl groups is 1. The fourth-order valence-corrected chi connectivity index (χ4v) is 6.79. The molecular formula is C38H72O7. The molecule has 0 saturated heterocycles. The minimum atomic E-state index is -2.85. The summed E-state index contributed by atoms with van der Waals surface area (Å²) in [4.78, 5) is 36.5. The van der Waals surface area contributed by atoms with E-state index in [0.717, 1.165) is 57.3 Å². The monoisotopic (exact) mass is 641 g/mol. The minimum absolute atomic E-state index is 0.0341. The Bertz CT molecular complexity index is 752. The van der Waals surface area contributed by atoms with E-state index in [1.807, 2.05) is 0 Å². The molecule has 0 aliphatic carbocycles. The third kappa shape index (κ3) is 20.3. The summed E-state index contributed by atoms with van der Waals surface area (Å²) in [6.45, 7) is 6.77. The molecule has 0 rings (SSSR count). The molecule has 0 aliphatic rings. The van der Waals surface area contributed by atoms with Crippen LogP contribution in [-0.4, -0.2) is 43.9 Å². The predicted molar refractivity (Wildman–Crippen MR) is 185 cm³/mol. The molecule has 45 heavy (non-hydrogen) atoms. The van der Waals surface area contributed by atoms with Crippen LogP contribution in [0.15, 0.2) is 0 Å². The van der Waals surface area contributed by atoms with Crippen LogP contribution in [-0.2, 0) is 14.4 Å². The second kappa shape index (κ2) is 27.5. The molecule has 0 amide bonds. The molecule has 0 heterocycles. The first kappa shape index (κ1) is 43.4. The largest absolute Gasteiger partial charge is 0.481 e. The first-order valence-electron chi connectivity index (χ1n) is 18.9. The van der Waals surface area contributed by atoms with Crippen molar-refractivity contribution in [1.29, 1.82) is 0 Å². The van der Waals surface area contributed by atoms with E-state index >= 15 is 0 Å². The van der Waals surface area contributed by atoms with Gasteiger partial charge in [-0.3, -0.25) is 9.59 Å². The van der Waals surface area contributed by atoms with E-state index in [2.05, 4.69) is 20.8 Å². The van der Waals surface area contributed by atoms with E-state index < -0.39 is 35.3 Å². The zero-order chi connectivity index (χ0) is 33.8. The maximum absolute atomic E-state index is 12.7. The lowest BCUT2D eigenvalue weighted by Crippen LogP contribution is -2.59. The van der Waals surface area contributed by atoms with E-state index in [9.17, 15) is 34.8 Å². The van der Waals surface area contributed by atoms with Crippen LogP contribution in [0, 0.1) is 11.3 Å². The molecule has 0 saturated carbocycles. The number of rotatable bonds is 34. The van der Waals surface area contributed by atoms with Crippen molar-refractivity contribution < 1.29 is 34.8 Å². The Labute approximate surface area is 276 Å². The van der Waals surface area contributed by atoms with E-state index in [1.54, 1.807) is 0 Å². The number of carboxylic acid groups (broad SMARTS) is 3. The first-order chi connectivity index (χ1) is 21.5. The fraction of sp³-hybridized carbons (Fsp3) is 0.921.